The number of halogens is 3. The monoisotopic (exact) mass is 586 g/mol. The van der Waals surface area contributed by atoms with Crippen molar-refractivity contribution in [1.29, 1.82) is 0 Å². The highest BCUT2D eigenvalue weighted by Gasteiger charge is 2.32. The van der Waals surface area contributed by atoms with Gasteiger partial charge >= 0.3 is 12.1 Å². The predicted octanol–water partition coefficient (Wildman–Crippen LogP) is 5.48. The fraction of sp³-hybridized carbons (Fsp3) is 0.391. The number of amides is 1. The molecule has 0 saturated carbocycles. The Balaban J connectivity index is 2.00. The second kappa shape index (κ2) is 11.5. The van der Waals surface area contributed by atoms with Crippen LogP contribution < -0.4 is 10.6 Å². The standard InChI is InChI=1S/C23H25BrClFN4O4S/c1-5-33-21(31)16(29-22(32)34-23(2,3)4)11-15-17(24)18(13-7-6-12(26)10-14(13)25)30-19(28-15)20-27-8-9-35-20/h6-10,16,18H,5,11H2,1-4H3,(H,28,30)(H,29,32). The maximum atomic E-state index is 13.7. The summed E-state index contributed by atoms with van der Waals surface area (Å²) in [6.45, 7) is 6.97. The van der Waals surface area contributed by atoms with E-state index in [0.29, 0.717) is 26.6 Å². The van der Waals surface area contributed by atoms with Crippen LogP contribution >= 0.6 is 38.9 Å². The van der Waals surface area contributed by atoms with Crippen LogP contribution in [0.25, 0.3) is 0 Å². The molecule has 1 aliphatic rings. The van der Waals surface area contributed by atoms with Crippen molar-refractivity contribution in [2.24, 2.45) is 4.99 Å². The van der Waals surface area contributed by atoms with E-state index in [1.54, 1.807) is 45.3 Å². The Hall–Kier alpha value is -2.50. The second-order valence-electron chi connectivity index (χ2n) is 8.49. The number of carbonyl (C=O) groups excluding carboxylic acids is 2. The number of amidine groups is 1. The lowest BCUT2D eigenvalue weighted by Gasteiger charge is -2.29. The fourth-order valence-corrected chi connectivity index (χ4v) is 4.69. The zero-order valence-corrected chi connectivity index (χ0v) is 22.7. The highest BCUT2D eigenvalue weighted by molar-refractivity contribution is 9.11. The number of carbonyl (C=O) groups is 2. The molecule has 8 nitrogen and oxygen atoms in total. The summed E-state index contributed by atoms with van der Waals surface area (Å²) in [6.07, 6.45) is 0.871. The van der Waals surface area contributed by atoms with Crippen molar-refractivity contribution in [3.8, 4) is 0 Å². The van der Waals surface area contributed by atoms with E-state index in [1.807, 2.05) is 0 Å². The van der Waals surface area contributed by atoms with Crippen LogP contribution in [0.1, 0.15) is 50.7 Å². The Morgan fingerprint density at radius 2 is 2.11 bits per heavy atom. The van der Waals surface area contributed by atoms with Crippen molar-refractivity contribution in [2.75, 3.05) is 6.61 Å². The molecule has 0 spiro atoms. The molecule has 0 fully saturated rings. The molecule has 0 aliphatic carbocycles. The molecule has 1 amide bonds. The normalized spacial score (nSPS) is 16.8. The highest BCUT2D eigenvalue weighted by Crippen LogP contribution is 2.38. The number of hydrogen-bond donors (Lipinski definition) is 2. The Morgan fingerprint density at radius 3 is 2.71 bits per heavy atom. The van der Waals surface area contributed by atoms with Gasteiger partial charge in [-0.1, -0.05) is 33.6 Å². The number of aromatic nitrogens is 1. The van der Waals surface area contributed by atoms with Crippen molar-refractivity contribution in [3.05, 3.63) is 61.4 Å². The lowest BCUT2D eigenvalue weighted by atomic mass is 10.0. The molecule has 2 N–H and O–H groups in total. The second-order valence-corrected chi connectivity index (χ2v) is 10.6. The smallest absolute Gasteiger partial charge is 0.408 e. The third-order valence-corrected chi connectivity index (χ3v) is 6.65. The van der Waals surface area contributed by atoms with E-state index < -0.39 is 35.6 Å². The van der Waals surface area contributed by atoms with Gasteiger partial charge in [0.05, 0.1) is 18.3 Å². The number of rotatable bonds is 7. The molecular weight excluding hydrogens is 563 g/mol. The van der Waals surface area contributed by atoms with Crippen molar-refractivity contribution < 1.29 is 23.5 Å². The zero-order chi connectivity index (χ0) is 25.8. The van der Waals surface area contributed by atoms with Crippen molar-refractivity contribution in [3.63, 3.8) is 0 Å². The third kappa shape index (κ3) is 7.25. The molecule has 1 aromatic heterocycles. The number of hydrogen-bond acceptors (Lipinski definition) is 8. The summed E-state index contributed by atoms with van der Waals surface area (Å²) in [7, 11) is 0. The van der Waals surface area contributed by atoms with Crippen molar-refractivity contribution in [2.45, 2.75) is 51.8 Å². The van der Waals surface area contributed by atoms with Gasteiger partial charge in [-0.05, 0) is 45.4 Å². The van der Waals surface area contributed by atoms with Crippen LogP contribution in [0, 0.1) is 5.82 Å². The number of nitrogens with zero attached hydrogens (tertiary/aromatic N) is 2. The number of thiazole rings is 1. The molecule has 0 radical (unpaired) electrons. The zero-order valence-electron chi connectivity index (χ0n) is 19.5. The Kier molecular flexibility index (Phi) is 8.89. The number of ether oxygens (including phenoxy) is 2. The van der Waals surface area contributed by atoms with Gasteiger partial charge in [0.1, 0.15) is 17.5 Å². The number of esters is 1. The SMILES string of the molecule is CCOC(=O)C(CC1=C(Br)C(c2ccc(F)cc2Cl)NC(c2nccs2)=N1)NC(=O)OC(C)(C)C. The molecule has 3 rings (SSSR count). The Bertz CT molecular complexity index is 1150. The van der Waals surface area contributed by atoms with Gasteiger partial charge in [0.25, 0.3) is 0 Å². The number of benzene rings is 1. The maximum Gasteiger partial charge on any atom is 0.408 e. The van der Waals surface area contributed by atoms with Gasteiger partial charge in [-0.2, -0.15) is 0 Å². The molecule has 35 heavy (non-hydrogen) atoms. The van der Waals surface area contributed by atoms with Gasteiger partial charge in [-0.3, -0.25) is 0 Å². The van der Waals surface area contributed by atoms with Crippen molar-refractivity contribution in [1.82, 2.24) is 15.6 Å². The number of alkyl carbamates (subject to hydrolysis) is 1. The van der Waals surface area contributed by atoms with Crippen LogP contribution in [0.2, 0.25) is 5.02 Å². The van der Waals surface area contributed by atoms with Crippen molar-refractivity contribution >= 4 is 56.8 Å². The van der Waals surface area contributed by atoms with E-state index in [4.69, 9.17) is 21.1 Å². The quantitative estimate of drug-likeness (QED) is 0.416. The predicted molar refractivity (Wildman–Crippen MR) is 136 cm³/mol. The van der Waals surface area contributed by atoms with Crippen LogP contribution in [0.4, 0.5) is 9.18 Å². The Labute approximate surface area is 220 Å². The van der Waals surface area contributed by atoms with Crippen LogP contribution in [0.5, 0.6) is 0 Å². The average Bonchev–Trinajstić information content (AvgIpc) is 3.29. The van der Waals surface area contributed by atoms with E-state index >= 15 is 0 Å². The van der Waals surface area contributed by atoms with Gasteiger partial charge < -0.3 is 20.1 Å². The van der Waals surface area contributed by atoms with Crippen LogP contribution in [0.15, 0.2) is 44.9 Å². The first-order chi connectivity index (χ1) is 16.5. The van der Waals surface area contributed by atoms with E-state index in [-0.39, 0.29) is 18.1 Å². The first kappa shape index (κ1) is 27.1. The van der Waals surface area contributed by atoms with E-state index in [2.05, 4.69) is 36.5 Å². The molecule has 188 valence electrons. The molecule has 1 aromatic carbocycles. The lowest BCUT2D eigenvalue weighted by Crippen LogP contribution is -2.45. The summed E-state index contributed by atoms with van der Waals surface area (Å²) in [6, 6.07) is 2.48. The van der Waals surface area contributed by atoms with Gasteiger partial charge in [0, 0.05) is 27.5 Å². The van der Waals surface area contributed by atoms with Gasteiger partial charge in [0.15, 0.2) is 10.8 Å². The summed E-state index contributed by atoms with van der Waals surface area (Å²) in [5.41, 5.74) is 0.293. The van der Waals surface area contributed by atoms with Gasteiger partial charge in [-0.15, -0.1) is 11.3 Å². The number of aliphatic imine (C=N–C) groups is 1. The summed E-state index contributed by atoms with van der Waals surface area (Å²) < 4.78 is 24.7. The molecule has 0 saturated heterocycles. The van der Waals surface area contributed by atoms with E-state index in [1.165, 1.54) is 23.5 Å². The molecule has 1 aliphatic heterocycles. The third-order valence-electron chi connectivity index (χ3n) is 4.62. The first-order valence-corrected chi connectivity index (χ1v) is 12.8. The average molecular weight is 588 g/mol. The number of nitrogens with one attached hydrogen (secondary N) is 2. The first-order valence-electron chi connectivity index (χ1n) is 10.7. The van der Waals surface area contributed by atoms with Crippen LogP contribution in [-0.2, 0) is 14.3 Å². The fourth-order valence-electron chi connectivity index (χ4n) is 3.21. The molecule has 2 atom stereocenters. The molecule has 2 aromatic rings. The molecule has 2 heterocycles. The summed E-state index contributed by atoms with van der Waals surface area (Å²) in [5.74, 6) is -0.650. The summed E-state index contributed by atoms with van der Waals surface area (Å²) in [4.78, 5) is 34.1. The summed E-state index contributed by atoms with van der Waals surface area (Å²) >= 11 is 11.3. The minimum Gasteiger partial charge on any atom is -0.464 e. The van der Waals surface area contributed by atoms with Crippen LogP contribution in [0.3, 0.4) is 0 Å². The van der Waals surface area contributed by atoms with Gasteiger partial charge in [0.2, 0.25) is 0 Å². The molecule has 0 bridgehead atoms. The highest BCUT2D eigenvalue weighted by atomic mass is 79.9. The van der Waals surface area contributed by atoms with E-state index in [0.717, 1.165) is 0 Å². The largest absolute Gasteiger partial charge is 0.464 e. The topological polar surface area (TPSA) is 102 Å². The lowest BCUT2D eigenvalue weighted by molar-refractivity contribution is -0.145. The summed E-state index contributed by atoms with van der Waals surface area (Å²) in [5, 5.41) is 8.48. The molecule has 12 heteroatoms. The van der Waals surface area contributed by atoms with E-state index in [9.17, 15) is 14.0 Å². The minimum atomic E-state index is -1.07. The molecule has 2 unspecified atom stereocenters. The van der Waals surface area contributed by atoms with Crippen LogP contribution in [-0.4, -0.2) is 41.1 Å². The molecular formula is C23H25BrClFN4O4S. The Morgan fingerprint density at radius 1 is 1.37 bits per heavy atom. The maximum absolute atomic E-state index is 13.7. The minimum absolute atomic E-state index is 0.00940. The van der Waals surface area contributed by atoms with Gasteiger partial charge in [-0.25, -0.2) is 24.0 Å².